The molecule has 0 aromatic heterocycles. The molecule has 0 aliphatic rings. The van der Waals surface area contributed by atoms with Crippen LogP contribution >= 0.6 is 0 Å². The fourth-order valence-electron chi connectivity index (χ4n) is 2.41. The summed E-state index contributed by atoms with van der Waals surface area (Å²) < 4.78 is 5.16. The molecular weight excluding hydrogens is 262 g/mol. The first-order valence-corrected chi connectivity index (χ1v) is 6.66. The van der Waals surface area contributed by atoms with Crippen LogP contribution in [0.2, 0.25) is 0 Å². The highest BCUT2D eigenvalue weighted by molar-refractivity contribution is 6.14. The van der Waals surface area contributed by atoms with Crippen molar-refractivity contribution in [3.05, 3.63) is 71.8 Å². The highest BCUT2D eigenvalue weighted by atomic mass is 16.5. The number of benzene rings is 3. The molecule has 3 aromatic carbocycles. The Bertz CT molecular complexity index is 824. The molecule has 3 heteroatoms. The molecule has 3 aromatic rings. The van der Waals surface area contributed by atoms with Crippen molar-refractivity contribution in [3.8, 4) is 5.75 Å². The van der Waals surface area contributed by atoms with Gasteiger partial charge >= 0.3 is 0 Å². The average Bonchev–Trinajstić information content (AvgIpc) is 2.54. The van der Waals surface area contributed by atoms with Crippen LogP contribution in [0.5, 0.6) is 5.75 Å². The first-order chi connectivity index (χ1) is 10.2. The molecule has 2 N–H and O–H groups in total. The van der Waals surface area contributed by atoms with E-state index in [4.69, 9.17) is 10.5 Å². The van der Waals surface area contributed by atoms with Crippen LogP contribution < -0.4 is 10.5 Å². The van der Waals surface area contributed by atoms with Crippen molar-refractivity contribution in [2.75, 3.05) is 12.8 Å². The van der Waals surface area contributed by atoms with E-state index in [0.29, 0.717) is 22.6 Å². The van der Waals surface area contributed by atoms with Crippen molar-refractivity contribution in [3.63, 3.8) is 0 Å². The quantitative estimate of drug-likeness (QED) is 0.587. The summed E-state index contributed by atoms with van der Waals surface area (Å²) in [6.07, 6.45) is 0. The third-order valence-electron chi connectivity index (χ3n) is 3.54. The number of anilines is 1. The normalized spacial score (nSPS) is 10.5. The number of nitrogens with two attached hydrogens (primary N) is 1. The zero-order valence-electron chi connectivity index (χ0n) is 11.7. The maximum atomic E-state index is 12.6. The first kappa shape index (κ1) is 13.2. The Morgan fingerprint density at radius 2 is 1.71 bits per heavy atom. The number of nitrogen functional groups attached to an aromatic ring is 1. The molecule has 0 saturated carbocycles. The standard InChI is InChI=1S/C18H15NO2/c1-21-16-8-4-7-15(17(16)19)18(20)14-10-9-12-5-2-3-6-13(12)11-14/h2-11H,19H2,1H3. The highest BCUT2D eigenvalue weighted by Gasteiger charge is 2.15. The monoisotopic (exact) mass is 277 g/mol. The maximum Gasteiger partial charge on any atom is 0.195 e. The largest absolute Gasteiger partial charge is 0.495 e. The third-order valence-corrected chi connectivity index (χ3v) is 3.54. The van der Waals surface area contributed by atoms with Crippen molar-refractivity contribution >= 4 is 22.2 Å². The summed E-state index contributed by atoms with van der Waals surface area (Å²) in [4.78, 5) is 12.6. The van der Waals surface area contributed by atoms with E-state index >= 15 is 0 Å². The summed E-state index contributed by atoms with van der Waals surface area (Å²) in [5.41, 5.74) is 7.45. The summed E-state index contributed by atoms with van der Waals surface area (Å²) in [5, 5.41) is 2.14. The number of carbonyl (C=O) groups excluding carboxylic acids is 1. The van der Waals surface area contributed by atoms with Crippen molar-refractivity contribution < 1.29 is 9.53 Å². The Balaban J connectivity index is 2.08. The smallest absolute Gasteiger partial charge is 0.195 e. The number of fused-ring (bicyclic) bond motifs is 1. The maximum absolute atomic E-state index is 12.6. The van der Waals surface area contributed by atoms with Gasteiger partial charge in [-0.05, 0) is 29.0 Å². The molecule has 0 fully saturated rings. The molecule has 0 atom stereocenters. The fraction of sp³-hybridized carbons (Fsp3) is 0.0556. The third kappa shape index (κ3) is 2.34. The lowest BCUT2D eigenvalue weighted by atomic mass is 9.98. The number of ether oxygens (including phenoxy) is 1. The Morgan fingerprint density at radius 3 is 2.48 bits per heavy atom. The number of hydrogen-bond donors (Lipinski definition) is 1. The molecule has 0 bridgehead atoms. The molecule has 0 spiro atoms. The van der Waals surface area contributed by atoms with Gasteiger partial charge in [-0.25, -0.2) is 0 Å². The predicted octanol–water partition coefficient (Wildman–Crippen LogP) is 3.66. The first-order valence-electron chi connectivity index (χ1n) is 6.66. The Kier molecular flexibility index (Phi) is 3.32. The van der Waals surface area contributed by atoms with Gasteiger partial charge in [0.1, 0.15) is 5.75 Å². The number of methoxy groups -OCH3 is 1. The van der Waals surface area contributed by atoms with Crippen LogP contribution in [0.4, 0.5) is 5.69 Å². The summed E-state index contributed by atoms with van der Waals surface area (Å²) in [5.74, 6) is 0.416. The molecule has 0 heterocycles. The van der Waals surface area contributed by atoms with Crippen LogP contribution in [-0.2, 0) is 0 Å². The van der Waals surface area contributed by atoms with Crippen LogP contribution in [0.3, 0.4) is 0 Å². The van der Waals surface area contributed by atoms with Crippen LogP contribution in [0.15, 0.2) is 60.7 Å². The van der Waals surface area contributed by atoms with E-state index in [1.54, 1.807) is 18.2 Å². The van der Waals surface area contributed by atoms with E-state index < -0.39 is 0 Å². The fourth-order valence-corrected chi connectivity index (χ4v) is 2.41. The van der Waals surface area contributed by atoms with E-state index in [9.17, 15) is 4.79 Å². The second-order valence-electron chi connectivity index (χ2n) is 4.81. The van der Waals surface area contributed by atoms with E-state index in [2.05, 4.69) is 0 Å². The van der Waals surface area contributed by atoms with Gasteiger partial charge in [0.2, 0.25) is 0 Å². The molecule has 0 aliphatic heterocycles. The minimum atomic E-state index is -0.0999. The molecule has 0 saturated heterocycles. The van der Waals surface area contributed by atoms with Gasteiger partial charge in [0.15, 0.2) is 5.78 Å². The lowest BCUT2D eigenvalue weighted by molar-refractivity contribution is 0.103. The summed E-state index contributed by atoms with van der Waals surface area (Å²) >= 11 is 0. The van der Waals surface area contributed by atoms with Crippen molar-refractivity contribution in [2.45, 2.75) is 0 Å². The summed E-state index contributed by atoms with van der Waals surface area (Å²) in [7, 11) is 1.54. The Labute approximate surface area is 123 Å². The van der Waals surface area contributed by atoms with Crippen LogP contribution in [-0.4, -0.2) is 12.9 Å². The molecule has 0 amide bonds. The molecule has 0 aliphatic carbocycles. The van der Waals surface area contributed by atoms with E-state index in [1.165, 1.54) is 7.11 Å². The van der Waals surface area contributed by atoms with Crippen LogP contribution in [0.1, 0.15) is 15.9 Å². The highest BCUT2D eigenvalue weighted by Crippen LogP contribution is 2.27. The lowest BCUT2D eigenvalue weighted by Gasteiger charge is -2.09. The van der Waals surface area contributed by atoms with Gasteiger partial charge in [0, 0.05) is 11.1 Å². The summed E-state index contributed by atoms with van der Waals surface area (Å²) in [6.45, 7) is 0. The Morgan fingerprint density at radius 1 is 0.952 bits per heavy atom. The zero-order valence-corrected chi connectivity index (χ0v) is 11.7. The van der Waals surface area contributed by atoms with E-state index in [1.807, 2.05) is 42.5 Å². The number of hydrogen-bond acceptors (Lipinski definition) is 3. The molecular formula is C18H15NO2. The molecule has 21 heavy (non-hydrogen) atoms. The number of para-hydroxylation sites is 1. The molecule has 0 unspecified atom stereocenters. The van der Waals surface area contributed by atoms with Crippen molar-refractivity contribution in [1.82, 2.24) is 0 Å². The molecule has 104 valence electrons. The van der Waals surface area contributed by atoms with Crippen molar-refractivity contribution in [1.29, 1.82) is 0 Å². The molecule has 0 radical (unpaired) electrons. The predicted molar refractivity (Wildman–Crippen MR) is 84.8 cm³/mol. The van der Waals surface area contributed by atoms with E-state index in [0.717, 1.165) is 10.8 Å². The lowest BCUT2D eigenvalue weighted by Crippen LogP contribution is -2.06. The van der Waals surface area contributed by atoms with Crippen molar-refractivity contribution in [2.24, 2.45) is 0 Å². The number of ketones is 1. The van der Waals surface area contributed by atoms with Gasteiger partial charge in [0.05, 0.1) is 12.8 Å². The average molecular weight is 277 g/mol. The molecule has 3 nitrogen and oxygen atoms in total. The number of carbonyl (C=O) groups is 1. The minimum absolute atomic E-state index is 0.0999. The SMILES string of the molecule is COc1cccc(C(=O)c2ccc3ccccc3c2)c1N. The van der Waals surface area contributed by atoms with Crippen LogP contribution in [0.25, 0.3) is 10.8 Å². The van der Waals surface area contributed by atoms with Gasteiger partial charge in [-0.2, -0.15) is 0 Å². The second kappa shape index (κ2) is 5.29. The van der Waals surface area contributed by atoms with Crippen LogP contribution in [0, 0.1) is 0 Å². The number of rotatable bonds is 3. The molecule has 3 rings (SSSR count). The second-order valence-corrected chi connectivity index (χ2v) is 4.81. The van der Waals surface area contributed by atoms with Gasteiger partial charge < -0.3 is 10.5 Å². The van der Waals surface area contributed by atoms with Gasteiger partial charge in [-0.3, -0.25) is 4.79 Å². The zero-order chi connectivity index (χ0) is 14.8. The summed E-state index contributed by atoms with van der Waals surface area (Å²) in [6, 6.07) is 18.8. The Hall–Kier alpha value is -2.81. The minimum Gasteiger partial charge on any atom is -0.495 e. The van der Waals surface area contributed by atoms with Gasteiger partial charge in [0.25, 0.3) is 0 Å². The topological polar surface area (TPSA) is 52.3 Å². The van der Waals surface area contributed by atoms with Gasteiger partial charge in [-0.15, -0.1) is 0 Å². The van der Waals surface area contributed by atoms with Gasteiger partial charge in [-0.1, -0.05) is 42.5 Å². The van der Waals surface area contributed by atoms with E-state index in [-0.39, 0.29) is 5.78 Å².